The van der Waals surface area contributed by atoms with Gasteiger partial charge in [-0.05, 0) is 19.4 Å². The van der Waals surface area contributed by atoms with Gasteiger partial charge < -0.3 is 10.8 Å². The Hall–Kier alpha value is -0.410. The molecule has 0 aromatic rings. The van der Waals surface area contributed by atoms with E-state index in [4.69, 9.17) is 10.8 Å². The average Bonchev–Trinajstić information content (AvgIpc) is 1.89. The smallest absolute Gasteiger partial charge is 0.161 e. The van der Waals surface area contributed by atoms with Gasteiger partial charge >= 0.3 is 0 Å². The third-order valence-corrected chi connectivity index (χ3v) is 0.936. The van der Waals surface area contributed by atoms with Crippen LogP contribution in [-0.2, 0) is 4.79 Å². The summed E-state index contributed by atoms with van der Waals surface area (Å²) in [6.45, 7) is 0.208. The number of Topliss-reactive ketones (excluding diaryl/α,β-unsaturated/α-hetero) is 1. The van der Waals surface area contributed by atoms with Crippen LogP contribution in [-0.4, -0.2) is 24.0 Å². The lowest BCUT2D eigenvalue weighted by molar-refractivity contribution is -0.118. The lowest BCUT2D eigenvalue weighted by Crippen LogP contribution is -2.06. The summed E-state index contributed by atoms with van der Waals surface area (Å²) in [5.41, 5.74) is 5.16. The van der Waals surface area contributed by atoms with Gasteiger partial charge in [-0.25, -0.2) is 0 Å². The molecule has 0 heterocycles. The van der Waals surface area contributed by atoms with Crippen molar-refractivity contribution >= 4 is 5.78 Å². The van der Waals surface area contributed by atoms with Crippen molar-refractivity contribution in [3.8, 4) is 0 Å². The Bertz CT molecular complexity index is 83.1. The first kappa shape index (κ1) is 8.59. The third-order valence-electron chi connectivity index (χ3n) is 0.936. The van der Waals surface area contributed by atoms with Gasteiger partial charge in [0.05, 0.1) is 0 Å². The largest absolute Gasteiger partial charge is 0.389 e. The van der Waals surface area contributed by atoms with E-state index in [1.807, 2.05) is 0 Å². The fourth-order valence-corrected chi connectivity index (χ4v) is 0.445. The standard InChI is InChI=1S/C6H12NO2/c7-4-2-1-3-6(9)5-8/h3,8H,1-2,4-5,7H2. The molecular weight excluding hydrogens is 118 g/mol. The van der Waals surface area contributed by atoms with Gasteiger partial charge in [-0.15, -0.1) is 0 Å². The van der Waals surface area contributed by atoms with Crippen LogP contribution >= 0.6 is 0 Å². The fourth-order valence-electron chi connectivity index (χ4n) is 0.445. The van der Waals surface area contributed by atoms with Gasteiger partial charge in [-0.2, -0.15) is 0 Å². The molecule has 0 atom stereocenters. The van der Waals surface area contributed by atoms with E-state index in [0.29, 0.717) is 13.0 Å². The van der Waals surface area contributed by atoms with Crippen LogP contribution in [0.1, 0.15) is 12.8 Å². The summed E-state index contributed by atoms with van der Waals surface area (Å²) < 4.78 is 0. The zero-order chi connectivity index (χ0) is 7.11. The van der Waals surface area contributed by atoms with Gasteiger partial charge in [0.1, 0.15) is 6.61 Å². The summed E-state index contributed by atoms with van der Waals surface area (Å²) in [6, 6.07) is 0. The first-order chi connectivity index (χ1) is 4.31. The molecule has 0 aliphatic rings. The van der Waals surface area contributed by atoms with Gasteiger partial charge in [-0.1, -0.05) is 0 Å². The number of hydrogen-bond acceptors (Lipinski definition) is 3. The van der Waals surface area contributed by atoms with Gasteiger partial charge in [0.2, 0.25) is 0 Å². The molecule has 0 amide bonds. The molecule has 0 saturated carbocycles. The molecule has 53 valence electrons. The molecule has 0 aliphatic heterocycles. The summed E-state index contributed by atoms with van der Waals surface area (Å²) in [5.74, 6) is -0.219. The van der Waals surface area contributed by atoms with E-state index in [1.165, 1.54) is 6.42 Å². The van der Waals surface area contributed by atoms with Gasteiger partial charge in [-0.3, -0.25) is 4.79 Å². The second-order valence-corrected chi connectivity index (χ2v) is 1.76. The predicted molar refractivity (Wildman–Crippen MR) is 34.7 cm³/mol. The van der Waals surface area contributed by atoms with Crippen molar-refractivity contribution in [2.75, 3.05) is 13.2 Å². The lowest BCUT2D eigenvalue weighted by Gasteiger charge is -1.93. The number of carbonyl (C=O) groups is 1. The Balaban J connectivity index is 2.97. The quantitative estimate of drug-likeness (QED) is 0.493. The molecule has 3 N–H and O–H groups in total. The molecule has 1 radical (unpaired) electrons. The number of rotatable bonds is 5. The van der Waals surface area contributed by atoms with Crippen molar-refractivity contribution in [3.63, 3.8) is 0 Å². The van der Waals surface area contributed by atoms with E-state index < -0.39 is 0 Å². The molecule has 0 rings (SSSR count). The third kappa shape index (κ3) is 5.46. The van der Waals surface area contributed by atoms with Crippen molar-refractivity contribution in [3.05, 3.63) is 6.42 Å². The van der Waals surface area contributed by atoms with Gasteiger partial charge in [0, 0.05) is 6.42 Å². The highest BCUT2D eigenvalue weighted by atomic mass is 16.3. The zero-order valence-corrected chi connectivity index (χ0v) is 5.34. The van der Waals surface area contributed by atoms with Gasteiger partial charge in [0.25, 0.3) is 0 Å². The number of aliphatic hydroxyl groups excluding tert-OH is 1. The second-order valence-electron chi connectivity index (χ2n) is 1.76. The van der Waals surface area contributed by atoms with Crippen LogP contribution in [0.15, 0.2) is 0 Å². The second kappa shape index (κ2) is 5.72. The van der Waals surface area contributed by atoms with E-state index in [2.05, 4.69) is 0 Å². The molecule has 0 bridgehead atoms. The van der Waals surface area contributed by atoms with Crippen molar-refractivity contribution in [1.82, 2.24) is 0 Å². The fraction of sp³-hybridized carbons (Fsp3) is 0.667. The maximum atomic E-state index is 10.3. The maximum Gasteiger partial charge on any atom is 0.161 e. The van der Waals surface area contributed by atoms with Crippen LogP contribution in [0.2, 0.25) is 0 Å². The number of hydrogen-bond donors (Lipinski definition) is 2. The molecule has 0 saturated heterocycles. The first-order valence-electron chi connectivity index (χ1n) is 2.98. The average molecular weight is 130 g/mol. The van der Waals surface area contributed by atoms with E-state index in [-0.39, 0.29) is 12.4 Å². The van der Waals surface area contributed by atoms with Crippen LogP contribution in [0.5, 0.6) is 0 Å². The summed E-state index contributed by atoms with van der Waals surface area (Å²) in [5, 5.41) is 8.22. The summed E-state index contributed by atoms with van der Waals surface area (Å²) in [7, 11) is 0. The predicted octanol–water partition coefficient (Wildman–Crippen LogP) is -0.509. The minimum Gasteiger partial charge on any atom is -0.389 e. The monoisotopic (exact) mass is 130 g/mol. The van der Waals surface area contributed by atoms with Crippen LogP contribution in [0.25, 0.3) is 0 Å². The molecule has 0 unspecified atom stereocenters. The highest BCUT2D eigenvalue weighted by Crippen LogP contribution is 1.91. The van der Waals surface area contributed by atoms with Crippen LogP contribution in [0, 0.1) is 6.42 Å². The van der Waals surface area contributed by atoms with Crippen molar-refractivity contribution < 1.29 is 9.90 Å². The van der Waals surface area contributed by atoms with E-state index in [0.717, 1.165) is 6.42 Å². The van der Waals surface area contributed by atoms with Crippen LogP contribution < -0.4 is 5.73 Å². The first-order valence-corrected chi connectivity index (χ1v) is 2.98. The molecule has 0 fully saturated rings. The van der Waals surface area contributed by atoms with Crippen LogP contribution in [0.4, 0.5) is 0 Å². The molecule has 9 heavy (non-hydrogen) atoms. The molecule has 3 nitrogen and oxygen atoms in total. The molecule has 0 aromatic carbocycles. The van der Waals surface area contributed by atoms with Crippen LogP contribution in [0.3, 0.4) is 0 Å². The van der Waals surface area contributed by atoms with Gasteiger partial charge in [0.15, 0.2) is 5.78 Å². The number of ketones is 1. The zero-order valence-electron chi connectivity index (χ0n) is 5.34. The Morgan fingerprint density at radius 1 is 1.67 bits per heavy atom. The SMILES string of the molecule is NCCC[CH]C(=O)CO. The van der Waals surface area contributed by atoms with E-state index >= 15 is 0 Å². The Morgan fingerprint density at radius 2 is 2.33 bits per heavy atom. The Labute approximate surface area is 54.9 Å². The molecule has 0 aromatic heterocycles. The number of unbranched alkanes of at least 4 members (excludes halogenated alkanes) is 1. The highest BCUT2D eigenvalue weighted by Gasteiger charge is 1.96. The van der Waals surface area contributed by atoms with E-state index in [9.17, 15) is 4.79 Å². The summed E-state index contributed by atoms with van der Waals surface area (Å²) in [6.07, 6.45) is 2.95. The molecular formula is C6H12NO2. The Kier molecular flexibility index (Phi) is 5.46. The summed E-state index contributed by atoms with van der Waals surface area (Å²) >= 11 is 0. The minimum atomic E-state index is -0.384. The van der Waals surface area contributed by atoms with Crippen molar-refractivity contribution in [2.45, 2.75) is 12.8 Å². The van der Waals surface area contributed by atoms with E-state index in [1.54, 1.807) is 0 Å². The number of aliphatic hydroxyl groups is 1. The summed E-state index contributed by atoms with van der Waals surface area (Å²) in [4.78, 5) is 10.3. The molecule has 0 aliphatic carbocycles. The highest BCUT2D eigenvalue weighted by molar-refractivity contribution is 5.87. The normalized spacial score (nSPS) is 9.56. The van der Waals surface area contributed by atoms with Crippen molar-refractivity contribution in [1.29, 1.82) is 0 Å². The van der Waals surface area contributed by atoms with Crippen molar-refractivity contribution in [2.24, 2.45) is 5.73 Å². The maximum absolute atomic E-state index is 10.3. The number of carbonyl (C=O) groups excluding carboxylic acids is 1. The molecule has 3 heteroatoms. The minimum absolute atomic E-state index is 0.219. The topological polar surface area (TPSA) is 63.3 Å². The number of nitrogens with two attached hydrogens (primary N) is 1. The Morgan fingerprint density at radius 3 is 2.78 bits per heavy atom. The lowest BCUT2D eigenvalue weighted by atomic mass is 10.2. The molecule has 0 spiro atoms.